The Morgan fingerprint density at radius 1 is 1.38 bits per heavy atom. The van der Waals surface area contributed by atoms with Crippen molar-refractivity contribution in [1.82, 2.24) is 19.5 Å². The van der Waals surface area contributed by atoms with E-state index in [1.165, 1.54) is 11.6 Å². The second kappa shape index (κ2) is 6.21. The van der Waals surface area contributed by atoms with Gasteiger partial charge in [-0.15, -0.1) is 0 Å². The molecule has 0 saturated carbocycles. The van der Waals surface area contributed by atoms with E-state index in [4.69, 9.17) is 4.74 Å². The van der Waals surface area contributed by atoms with E-state index >= 15 is 0 Å². The maximum Gasteiger partial charge on any atom is 0.329 e. The molecular weight excluding hydrogens is 276 g/mol. The molecule has 0 aliphatic carbocycles. The van der Waals surface area contributed by atoms with Crippen molar-refractivity contribution in [3.05, 3.63) is 38.8 Å². The Bertz CT molecular complexity index is 797. The molecule has 0 amide bonds. The van der Waals surface area contributed by atoms with E-state index in [1.54, 1.807) is 12.2 Å². The summed E-state index contributed by atoms with van der Waals surface area (Å²) in [5.74, 6) is 0.107. The SMILES string of the molecule is C/C=C/COC(=O)CCc1nc2c([nH]1)c(=O)[nH]c(=O)n2C. The number of fused-ring (bicyclic) bond motifs is 1. The van der Waals surface area contributed by atoms with E-state index in [0.29, 0.717) is 12.2 Å². The Kier molecular flexibility index (Phi) is 4.36. The number of nitrogens with one attached hydrogen (secondary N) is 2. The van der Waals surface area contributed by atoms with Gasteiger partial charge >= 0.3 is 11.7 Å². The van der Waals surface area contributed by atoms with Gasteiger partial charge in [0.2, 0.25) is 0 Å². The molecule has 2 aromatic rings. The van der Waals surface area contributed by atoms with Crippen LogP contribution in [0, 0.1) is 0 Å². The van der Waals surface area contributed by atoms with E-state index in [0.717, 1.165) is 0 Å². The van der Waals surface area contributed by atoms with Crippen molar-refractivity contribution in [1.29, 1.82) is 0 Å². The van der Waals surface area contributed by atoms with Gasteiger partial charge in [-0.2, -0.15) is 0 Å². The van der Waals surface area contributed by atoms with E-state index in [9.17, 15) is 14.4 Å². The quantitative estimate of drug-likeness (QED) is 0.595. The van der Waals surface area contributed by atoms with Crippen molar-refractivity contribution in [2.24, 2.45) is 7.05 Å². The van der Waals surface area contributed by atoms with E-state index in [2.05, 4.69) is 15.0 Å². The van der Waals surface area contributed by atoms with Gasteiger partial charge in [0.1, 0.15) is 17.9 Å². The van der Waals surface area contributed by atoms with Crippen LogP contribution >= 0.6 is 0 Å². The van der Waals surface area contributed by atoms with Crippen LogP contribution in [0.15, 0.2) is 21.7 Å². The van der Waals surface area contributed by atoms with Crippen molar-refractivity contribution in [3.63, 3.8) is 0 Å². The first-order valence-electron chi connectivity index (χ1n) is 6.47. The van der Waals surface area contributed by atoms with Gasteiger partial charge in [0.05, 0.1) is 6.42 Å². The molecule has 0 aliphatic rings. The summed E-state index contributed by atoms with van der Waals surface area (Å²) in [5, 5.41) is 0. The highest BCUT2D eigenvalue weighted by Crippen LogP contribution is 2.06. The first-order chi connectivity index (χ1) is 10.0. The molecule has 0 atom stereocenters. The van der Waals surface area contributed by atoms with Gasteiger partial charge in [0.15, 0.2) is 5.65 Å². The molecule has 0 aromatic carbocycles. The minimum Gasteiger partial charge on any atom is -0.461 e. The first kappa shape index (κ1) is 14.8. The van der Waals surface area contributed by atoms with Crippen LogP contribution in [0.2, 0.25) is 0 Å². The van der Waals surface area contributed by atoms with Gasteiger partial charge in [-0.25, -0.2) is 9.78 Å². The number of esters is 1. The zero-order valence-corrected chi connectivity index (χ0v) is 11.8. The van der Waals surface area contributed by atoms with E-state index < -0.39 is 11.2 Å². The number of aromatic nitrogens is 4. The lowest BCUT2D eigenvalue weighted by molar-refractivity contribution is -0.142. The van der Waals surface area contributed by atoms with Crippen LogP contribution in [-0.4, -0.2) is 32.1 Å². The molecule has 0 fully saturated rings. The summed E-state index contributed by atoms with van der Waals surface area (Å²) in [6.07, 6.45) is 3.97. The van der Waals surface area contributed by atoms with Crippen LogP contribution < -0.4 is 11.2 Å². The van der Waals surface area contributed by atoms with Crippen LogP contribution in [0.5, 0.6) is 0 Å². The van der Waals surface area contributed by atoms with Gasteiger partial charge in [-0.05, 0) is 6.92 Å². The standard InChI is InChI=1S/C13H16N4O4/c1-3-4-7-21-9(18)6-5-8-14-10-11(15-8)17(2)13(20)16-12(10)19/h3-4H,5-7H2,1-2H3,(H,14,15)(H,16,19,20)/b4-3+. The molecule has 0 radical (unpaired) electrons. The third-order valence-electron chi connectivity index (χ3n) is 2.95. The molecule has 2 aromatic heterocycles. The number of rotatable bonds is 5. The molecule has 2 heterocycles. The Hall–Kier alpha value is -2.64. The summed E-state index contributed by atoms with van der Waals surface area (Å²) < 4.78 is 6.19. The van der Waals surface area contributed by atoms with Crippen LogP contribution in [0.3, 0.4) is 0 Å². The number of H-pyrrole nitrogens is 2. The summed E-state index contributed by atoms with van der Waals surface area (Å²) in [6, 6.07) is 0. The highest BCUT2D eigenvalue weighted by atomic mass is 16.5. The second-order valence-electron chi connectivity index (χ2n) is 4.45. The zero-order chi connectivity index (χ0) is 15.4. The number of carbonyl (C=O) groups is 1. The maximum atomic E-state index is 11.6. The Morgan fingerprint density at radius 3 is 2.86 bits per heavy atom. The molecule has 8 heteroatoms. The molecule has 8 nitrogen and oxygen atoms in total. The van der Waals surface area contributed by atoms with Gasteiger partial charge in [-0.1, -0.05) is 12.2 Å². The van der Waals surface area contributed by atoms with Gasteiger partial charge in [0, 0.05) is 13.5 Å². The Balaban J connectivity index is 2.12. The molecule has 0 bridgehead atoms. The lowest BCUT2D eigenvalue weighted by Gasteiger charge is -1.99. The third-order valence-corrected chi connectivity index (χ3v) is 2.95. The normalized spacial score (nSPS) is 11.3. The number of allylic oxidation sites excluding steroid dienone is 1. The van der Waals surface area contributed by atoms with Gasteiger partial charge < -0.3 is 9.72 Å². The monoisotopic (exact) mass is 292 g/mol. The van der Waals surface area contributed by atoms with E-state index in [1.807, 2.05) is 6.92 Å². The number of hydrogen-bond acceptors (Lipinski definition) is 5. The smallest absolute Gasteiger partial charge is 0.329 e. The highest BCUT2D eigenvalue weighted by Gasteiger charge is 2.12. The first-order valence-corrected chi connectivity index (χ1v) is 6.47. The van der Waals surface area contributed by atoms with Gasteiger partial charge in [0.25, 0.3) is 5.56 Å². The molecule has 0 saturated heterocycles. The number of aryl methyl sites for hydroxylation is 2. The number of ether oxygens (including phenoxy) is 1. The lowest BCUT2D eigenvalue weighted by Crippen LogP contribution is -2.28. The molecule has 21 heavy (non-hydrogen) atoms. The predicted molar refractivity (Wildman–Crippen MR) is 76.0 cm³/mol. The average molecular weight is 292 g/mol. The summed E-state index contributed by atoms with van der Waals surface area (Å²) in [5.41, 5.74) is -0.575. The maximum absolute atomic E-state index is 11.6. The zero-order valence-electron chi connectivity index (χ0n) is 11.8. The van der Waals surface area contributed by atoms with Crippen LogP contribution in [-0.2, 0) is 23.0 Å². The fourth-order valence-corrected chi connectivity index (χ4v) is 1.80. The van der Waals surface area contributed by atoms with Gasteiger partial charge in [-0.3, -0.25) is 19.1 Å². The number of imidazole rings is 1. The number of hydrogen-bond donors (Lipinski definition) is 2. The van der Waals surface area contributed by atoms with Crippen molar-refractivity contribution >= 4 is 17.1 Å². The molecule has 2 rings (SSSR count). The minimum atomic E-state index is -0.531. The van der Waals surface area contributed by atoms with Crippen molar-refractivity contribution < 1.29 is 9.53 Å². The average Bonchev–Trinajstić information content (AvgIpc) is 2.88. The summed E-state index contributed by atoms with van der Waals surface area (Å²) in [4.78, 5) is 43.7. The van der Waals surface area contributed by atoms with Crippen LogP contribution in [0.1, 0.15) is 19.2 Å². The highest BCUT2D eigenvalue weighted by molar-refractivity contribution is 5.71. The molecule has 0 unspecified atom stereocenters. The third kappa shape index (κ3) is 3.28. The Morgan fingerprint density at radius 2 is 2.14 bits per heavy atom. The molecule has 0 aliphatic heterocycles. The van der Waals surface area contributed by atoms with Crippen LogP contribution in [0.25, 0.3) is 11.2 Å². The fourth-order valence-electron chi connectivity index (χ4n) is 1.80. The predicted octanol–water partition coefficient (Wildman–Crippen LogP) is 0.00180. The molecular formula is C13H16N4O4. The van der Waals surface area contributed by atoms with Crippen molar-refractivity contribution in [2.75, 3.05) is 6.61 Å². The number of carbonyl (C=O) groups excluding carboxylic acids is 1. The minimum absolute atomic E-state index is 0.142. The Labute approximate surface area is 119 Å². The molecule has 112 valence electrons. The molecule has 0 spiro atoms. The van der Waals surface area contributed by atoms with Crippen molar-refractivity contribution in [3.8, 4) is 0 Å². The topological polar surface area (TPSA) is 110 Å². The number of aromatic amines is 2. The second-order valence-corrected chi connectivity index (χ2v) is 4.45. The number of nitrogens with zero attached hydrogens (tertiary/aromatic N) is 2. The summed E-state index contributed by atoms with van der Waals surface area (Å²) in [7, 11) is 1.51. The fraction of sp³-hybridized carbons (Fsp3) is 0.385. The summed E-state index contributed by atoms with van der Waals surface area (Å²) in [6.45, 7) is 2.08. The van der Waals surface area contributed by atoms with Crippen molar-refractivity contribution in [2.45, 2.75) is 19.8 Å². The summed E-state index contributed by atoms with van der Waals surface area (Å²) >= 11 is 0. The molecule has 2 N–H and O–H groups in total. The van der Waals surface area contributed by atoms with E-state index in [-0.39, 0.29) is 30.2 Å². The largest absolute Gasteiger partial charge is 0.461 e. The lowest BCUT2D eigenvalue weighted by atomic mass is 10.3. The van der Waals surface area contributed by atoms with Crippen LogP contribution in [0.4, 0.5) is 0 Å².